The number of urea groups is 1. The van der Waals surface area contributed by atoms with Gasteiger partial charge in [0.1, 0.15) is 6.07 Å². The number of nitrogens with two attached hydrogens (primary N) is 1. The molecule has 6 nitrogen and oxygen atoms in total. The van der Waals surface area contributed by atoms with Gasteiger partial charge in [0.15, 0.2) is 5.13 Å². The molecule has 8 heteroatoms. The first-order valence-electron chi connectivity index (χ1n) is 6.05. The van der Waals surface area contributed by atoms with Crippen molar-refractivity contribution < 1.29 is 4.79 Å². The van der Waals surface area contributed by atoms with Gasteiger partial charge in [-0.05, 0) is 31.2 Å². The summed E-state index contributed by atoms with van der Waals surface area (Å²) in [4.78, 5) is 16.9. The molecular formula is C13H12ClN5OS. The third kappa shape index (κ3) is 4.16. The van der Waals surface area contributed by atoms with Crippen molar-refractivity contribution in [3.63, 3.8) is 0 Å². The van der Waals surface area contributed by atoms with E-state index in [2.05, 4.69) is 15.6 Å². The number of hydrogen-bond donors (Lipinski definition) is 3. The lowest BCUT2D eigenvalue weighted by Crippen LogP contribution is -2.19. The molecule has 0 saturated carbocycles. The molecule has 0 aliphatic rings. The van der Waals surface area contributed by atoms with Crippen molar-refractivity contribution in [3.8, 4) is 6.07 Å². The van der Waals surface area contributed by atoms with E-state index in [1.54, 1.807) is 18.3 Å². The topological polar surface area (TPSA) is 104 Å². The molecule has 2 amide bonds. The number of halogens is 1. The summed E-state index contributed by atoms with van der Waals surface area (Å²) >= 11 is 7.27. The van der Waals surface area contributed by atoms with E-state index in [9.17, 15) is 4.79 Å². The van der Waals surface area contributed by atoms with Crippen molar-refractivity contribution >= 4 is 39.8 Å². The van der Waals surface area contributed by atoms with Gasteiger partial charge in [0.05, 0.1) is 10.6 Å². The Bertz CT molecular complexity index is 694. The number of hydrogen-bond acceptors (Lipinski definition) is 5. The molecule has 21 heavy (non-hydrogen) atoms. The summed E-state index contributed by atoms with van der Waals surface area (Å²) in [6, 6.07) is 6.19. The average molecular weight is 322 g/mol. The van der Waals surface area contributed by atoms with Crippen LogP contribution in [0, 0.1) is 11.3 Å². The summed E-state index contributed by atoms with van der Waals surface area (Å²) in [7, 11) is 0. The maximum Gasteiger partial charge on any atom is 0.325 e. The second-order valence-corrected chi connectivity index (χ2v) is 5.58. The van der Waals surface area contributed by atoms with Gasteiger partial charge in [0, 0.05) is 16.8 Å². The quantitative estimate of drug-likeness (QED) is 0.805. The fourth-order valence-electron chi connectivity index (χ4n) is 1.57. The van der Waals surface area contributed by atoms with Gasteiger partial charge in [-0.15, -0.1) is 11.3 Å². The van der Waals surface area contributed by atoms with Gasteiger partial charge in [-0.25, -0.2) is 9.78 Å². The van der Waals surface area contributed by atoms with E-state index in [0.29, 0.717) is 22.9 Å². The Morgan fingerprint density at radius 1 is 1.48 bits per heavy atom. The molecule has 1 heterocycles. The van der Waals surface area contributed by atoms with Crippen LogP contribution in [0.1, 0.15) is 10.4 Å². The highest BCUT2D eigenvalue weighted by Gasteiger charge is 2.08. The third-order valence-electron chi connectivity index (χ3n) is 2.51. The molecule has 0 spiro atoms. The predicted octanol–water partition coefficient (Wildman–Crippen LogP) is 2.81. The minimum absolute atomic E-state index is 0.287. The normalized spacial score (nSPS) is 9.95. The smallest absolute Gasteiger partial charge is 0.325 e. The number of carbonyl (C=O) groups excluding carboxylic acids is 1. The molecule has 0 aliphatic carbocycles. The zero-order chi connectivity index (χ0) is 15.2. The van der Waals surface area contributed by atoms with E-state index < -0.39 is 6.03 Å². The van der Waals surface area contributed by atoms with Gasteiger partial charge in [0.2, 0.25) is 0 Å². The van der Waals surface area contributed by atoms with Crippen LogP contribution in [0.4, 0.5) is 15.6 Å². The fourth-order valence-corrected chi connectivity index (χ4v) is 2.61. The van der Waals surface area contributed by atoms with Crippen LogP contribution in [0.2, 0.25) is 5.02 Å². The number of nitrogens with zero attached hydrogens (tertiary/aromatic N) is 2. The molecule has 0 radical (unpaired) electrons. The standard InChI is InChI=1S/C13H12ClN5OS/c14-11-5-9(2-1-8(11)6-16)18-12(20)19-13-17-7-10(21-13)3-4-15/h1-2,5,7H,3-4,15H2,(H2,17,18,19,20). The first kappa shape index (κ1) is 15.3. The third-order valence-corrected chi connectivity index (χ3v) is 3.80. The maximum atomic E-state index is 11.8. The molecule has 0 bridgehead atoms. The van der Waals surface area contributed by atoms with Crippen LogP contribution in [0.15, 0.2) is 24.4 Å². The van der Waals surface area contributed by atoms with Gasteiger partial charge >= 0.3 is 6.03 Å². The number of nitriles is 1. The van der Waals surface area contributed by atoms with Crippen molar-refractivity contribution in [1.82, 2.24) is 4.98 Å². The Hall–Kier alpha value is -2.14. The molecule has 2 rings (SSSR count). The molecule has 1 aromatic carbocycles. The predicted molar refractivity (Wildman–Crippen MR) is 83.7 cm³/mol. The Kier molecular flexibility index (Phi) is 5.11. The highest BCUT2D eigenvalue weighted by Crippen LogP contribution is 2.21. The summed E-state index contributed by atoms with van der Waals surface area (Å²) < 4.78 is 0. The lowest BCUT2D eigenvalue weighted by atomic mass is 10.2. The number of benzene rings is 1. The molecule has 4 N–H and O–H groups in total. The Labute approximate surface area is 130 Å². The van der Waals surface area contributed by atoms with Crippen LogP contribution in [0.25, 0.3) is 0 Å². The summed E-state index contributed by atoms with van der Waals surface area (Å²) in [5.74, 6) is 0. The first-order chi connectivity index (χ1) is 10.1. The van der Waals surface area contributed by atoms with Crippen LogP contribution >= 0.6 is 22.9 Å². The second kappa shape index (κ2) is 7.04. The van der Waals surface area contributed by atoms with E-state index >= 15 is 0 Å². The highest BCUT2D eigenvalue weighted by molar-refractivity contribution is 7.15. The largest absolute Gasteiger partial charge is 0.330 e. The van der Waals surface area contributed by atoms with Crippen LogP contribution < -0.4 is 16.4 Å². The van der Waals surface area contributed by atoms with Crippen LogP contribution in [0.5, 0.6) is 0 Å². The van der Waals surface area contributed by atoms with Gasteiger partial charge in [-0.2, -0.15) is 5.26 Å². The molecule has 0 fully saturated rings. The van der Waals surface area contributed by atoms with Crippen molar-refractivity contribution in [2.75, 3.05) is 17.2 Å². The fraction of sp³-hybridized carbons (Fsp3) is 0.154. The van der Waals surface area contributed by atoms with E-state index in [1.807, 2.05) is 6.07 Å². The van der Waals surface area contributed by atoms with Crippen LogP contribution in [0.3, 0.4) is 0 Å². The molecule has 0 saturated heterocycles. The number of nitrogens with one attached hydrogen (secondary N) is 2. The molecule has 0 unspecified atom stereocenters. The van der Waals surface area contributed by atoms with Crippen LogP contribution in [-0.2, 0) is 6.42 Å². The van der Waals surface area contributed by atoms with E-state index in [0.717, 1.165) is 11.3 Å². The lowest BCUT2D eigenvalue weighted by molar-refractivity contribution is 0.262. The zero-order valence-corrected chi connectivity index (χ0v) is 12.5. The first-order valence-corrected chi connectivity index (χ1v) is 7.24. The second-order valence-electron chi connectivity index (χ2n) is 4.06. The van der Waals surface area contributed by atoms with Crippen molar-refractivity contribution in [2.45, 2.75) is 6.42 Å². The number of thiazole rings is 1. The number of amides is 2. The maximum absolute atomic E-state index is 11.8. The summed E-state index contributed by atoms with van der Waals surface area (Å²) in [6.45, 7) is 0.539. The monoisotopic (exact) mass is 321 g/mol. The van der Waals surface area contributed by atoms with Gasteiger partial charge in [0.25, 0.3) is 0 Å². The summed E-state index contributed by atoms with van der Waals surface area (Å²) in [5, 5.41) is 14.8. The lowest BCUT2D eigenvalue weighted by Gasteiger charge is -2.06. The number of carbonyl (C=O) groups is 1. The van der Waals surface area contributed by atoms with Crippen LogP contribution in [-0.4, -0.2) is 17.6 Å². The van der Waals surface area contributed by atoms with Crippen molar-refractivity contribution in [3.05, 3.63) is 39.9 Å². The van der Waals surface area contributed by atoms with Crippen molar-refractivity contribution in [1.29, 1.82) is 5.26 Å². The molecule has 108 valence electrons. The molecule has 1 aromatic heterocycles. The van der Waals surface area contributed by atoms with Crippen molar-refractivity contribution in [2.24, 2.45) is 5.73 Å². The van der Waals surface area contributed by atoms with Gasteiger partial charge < -0.3 is 11.1 Å². The Morgan fingerprint density at radius 2 is 2.29 bits per heavy atom. The minimum Gasteiger partial charge on any atom is -0.330 e. The average Bonchev–Trinajstić information content (AvgIpc) is 2.86. The Balaban J connectivity index is 1.98. The molecular weight excluding hydrogens is 310 g/mol. The zero-order valence-electron chi connectivity index (χ0n) is 10.9. The van der Waals surface area contributed by atoms with Gasteiger partial charge in [-0.3, -0.25) is 5.32 Å². The number of aromatic nitrogens is 1. The number of rotatable bonds is 4. The van der Waals surface area contributed by atoms with E-state index in [1.165, 1.54) is 17.4 Å². The minimum atomic E-state index is -0.426. The SMILES string of the molecule is N#Cc1ccc(NC(=O)Nc2ncc(CCN)s2)cc1Cl. The summed E-state index contributed by atoms with van der Waals surface area (Å²) in [6.07, 6.45) is 2.41. The Morgan fingerprint density at radius 3 is 2.95 bits per heavy atom. The van der Waals surface area contributed by atoms with E-state index in [4.69, 9.17) is 22.6 Å². The molecule has 0 aliphatic heterocycles. The summed E-state index contributed by atoms with van der Waals surface area (Å²) in [5.41, 5.74) is 6.31. The van der Waals surface area contributed by atoms with E-state index in [-0.39, 0.29) is 5.02 Å². The molecule has 2 aromatic rings. The molecule has 0 atom stereocenters. The highest BCUT2D eigenvalue weighted by atomic mass is 35.5. The number of anilines is 2. The van der Waals surface area contributed by atoms with Gasteiger partial charge in [-0.1, -0.05) is 11.6 Å².